The number of fused-ring (bicyclic) bond motifs is 1. The number of hydrogen-bond donors (Lipinski definition) is 1. The maximum Gasteiger partial charge on any atom is 0.272 e. The Kier molecular flexibility index (Phi) is 4.59. The van der Waals surface area contributed by atoms with E-state index in [0.29, 0.717) is 0 Å². The van der Waals surface area contributed by atoms with Crippen LogP contribution in [0.4, 0.5) is 0 Å². The third-order valence-corrected chi connectivity index (χ3v) is 4.34. The summed E-state index contributed by atoms with van der Waals surface area (Å²) in [5.74, 6) is 0. The Bertz CT molecular complexity index is 698. The Balaban J connectivity index is 1.72. The van der Waals surface area contributed by atoms with E-state index in [-0.39, 0.29) is 5.56 Å². The maximum atomic E-state index is 12.2. The summed E-state index contributed by atoms with van der Waals surface area (Å²) in [4.78, 5) is 19.3. The van der Waals surface area contributed by atoms with Crippen molar-refractivity contribution in [3.8, 4) is 0 Å². The van der Waals surface area contributed by atoms with Crippen LogP contribution in [0.15, 0.2) is 10.9 Å². The summed E-state index contributed by atoms with van der Waals surface area (Å²) in [5, 5.41) is 3.10. The lowest BCUT2D eigenvalue weighted by atomic mass is 10.2. The van der Waals surface area contributed by atoms with Gasteiger partial charge in [-0.15, -0.1) is 0 Å². The third-order valence-electron chi connectivity index (χ3n) is 4.34. The van der Waals surface area contributed by atoms with Crippen LogP contribution >= 0.6 is 0 Å². The van der Waals surface area contributed by atoms with E-state index in [0.717, 1.165) is 74.7 Å². The van der Waals surface area contributed by atoms with Crippen LogP contribution in [0, 0.1) is 6.92 Å². The highest BCUT2D eigenvalue weighted by Crippen LogP contribution is 2.13. The second kappa shape index (κ2) is 6.62. The molecule has 0 aliphatic carbocycles. The van der Waals surface area contributed by atoms with Gasteiger partial charge in [-0.1, -0.05) is 6.92 Å². The van der Waals surface area contributed by atoms with Crippen molar-refractivity contribution in [2.75, 3.05) is 32.8 Å². The molecule has 1 N–H and O–H groups in total. The summed E-state index contributed by atoms with van der Waals surface area (Å²) < 4.78 is 6.91. The minimum absolute atomic E-state index is 0.0193. The number of nitrogens with zero attached hydrogens (tertiary/aromatic N) is 3. The zero-order valence-corrected chi connectivity index (χ0v) is 13.4. The van der Waals surface area contributed by atoms with Crippen LogP contribution in [0.25, 0.3) is 5.65 Å². The van der Waals surface area contributed by atoms with Crippen LogP contribution < -0.4 is 5.56 Å². The third kappa shape index (κ3) is 3.08. The van der Waals surface area contributed by atoms with Crippen LogP contribution in [0.1, 0.15) is 30.3 Å². The van der Waals surface area contributed by atoms with Crippen LogP contribution in [0.3, 0.4) is 0 Å². The highest BCUT2D eigenvalue weighted by Gasteiger charge is 2.12. The highest BCUT2D eigenvalue weighted by molar-refractivity contribution is 5.50. The van der Waals surface area contributed by atoms with Gasteiger partial charge in [0.05, 0.1) is 13.2 Å². The molecule has 1 aliphatic rings. The molecule has 1 aliphatic heterocycles. The SMILES string of the molecule is CCc1c(C)[nH]n2c(=O)cc(CCCN3CCOCC3)nc12. The molecule has 3 rings (SSSR count). The molecule has 2 aromatic heterocycles. The lowest BCUT2D eigenvalue weighted by Gasteiger charge is -2.26. The van der Waals surface area contributed by atoms with Crippen molar-refractivity contribution in [2.24, 2.45) is 0 Å². The van der Waals surface area contributed by atoms with Crippen LogP contribution in [-0.2, 0) is 17.6 Å². The number of aryl methyl sites for hydroxylation is 3. The van der Waals surface area contributed by atoms with Gasteiger partial charge in [0.2, 0.25) is 0 Å². The molecule has 2 aromatic rings. The molecule has 22 heavy (non-hydrogen) atoms. The number of aromatic amines is 1. The second-order valence-corrected chi connectivity index (χ2v) is 5.87. The fourth-order valence-corrected chi connectivity index (χ4v) is 3.10. The zero-order valence-electron chi connectivity index (χ0n) is 13.4. The first-order chi connectivity index (χ1) is 10.7. The normalized spacial score (nSPS) is 16.5. The van der Waals surface area contributed by atoms with Crippen molar-refractivity contribution in [1.29, 1.82) is 0 Å². The predicted molar refractivity (Wildman–Crippen MR) is 85.5 cm³/mol. The number of rotatable bonds is 5. The Morgan fingerprint density at radius 1 is 1.36 bits per heavy atom. The van der Waals surface area contributed by atoms with Crippen LogP contribution in [-0.4, -0.2) is 52.3 Å². The van der Waals surface area contributed by atoms with Crippen LogP contribution in [0.2, 0.25) is 0 Å². The molecule has 0 bridgehead atoms. The largest absolute Gasteiger partial charge is 0.379 e. The van der Waals surface area contributed by atoms with Gasteiger partial charge in [0.15, 0.2) is 5.65 Å². The molecule has 0 atom stereocenters. The molecule has 1 fully saturated rings. The molecule has 0 unspecified atom stereocenters. The van der Waals surface area contributed by atoms with Gasteiger partial charge in [0.25, 0.3) is 5.56 Å². The van der Waals surface area contributed by atoms with Gasteiger partial charge in [0.1, 0.15) is 0 Å². The quantitative estimate of drug-likeness (QED) is 0.900. The average molecular weight is 304 g/mol. The molecular formula is C16H24N4O2. The van der Waals surface area contributed by atoms with E-state index in [1.165, 1.54) is 0 Å². The van der Waals surface area contributed by atoms with Crippen LogP contribution in [0.5, 0.6) is 0 Å². The van der Waals surface area contributed by atoms with Gasteiger partial charge < -0.3 is 4.74 Å². The monoisotopic (exact) mass is 304 g/mol. The van der Waals surface area contributed by atoms with E-state index in [2.05, 4.69) is 16.9 Å². The summed E-state index contributed by atoms with van der Waals surface area (Å²) in [5.41, 5.74) is 3.82. The highest BCUT2D eigenvalue weighted by atomic mass is 16.5. The molecule has 6 heteroatoms. The number of hydrogen-bond acceptors (Lipinski definition) is 4. The average Bonchev–Trinajstić information content (AvgIpc) is 2.84. The fraction of sp³-hybridized carbons (Fsp3) is 0.625. The summed E-state index contributed by atoms with van der Waals surface area (Å²) >= 11 is 0. The molecule has 120 valence electrons. The standard InChI is InChI=1S/C16H24N4O2/c1-3-14-12(2)18-20-15(21)11-13(17-16(14)20)5-4-6-19-7-9-22-10-8-19/h11,18H,3-10H2,1-2H3. The number of nitrogens with one attached hydrogen (secondary N) is 1. The van der Waals surface area contributed by atoms with E-state index >= 15 is 0 Å². The first-order valence-electron chi connectivity index (χ1n) is 8.09. The Morgan fingerprint density at radius 3 is 2.86 bits per heavy atom. The van der Waals surface area contributed by atoms with E-state index in [1.54, 1.807) is 10.6 Å². The molecule has 0 spiro atoms. The minimum Gasteiger partial charge on any atom is -0.379 e. The molecule has 0 saturated carbocycles. The lowest BCUT2D eigenvalue weighted by molar-refractivity contribution is 0.0374. The van der Waals surface area contributed by atoms with Gasteiger partial charge in [-0.25, -0.2) is 9.50 Å². The number of morpholine rings is 1. The minimum atomic E-state index is -0.0193. The van der Waals surface area contributed by atoms with Crippen molar-refractivity contribution in [1.82, 2.24) is 19.5 Å². The smallest absolute Gasteiger partial charge is 0.272 e. The molecule has 0 amide bonds. The van der Waals surface area contributed by atoms with Crippen molar-refractivity contribution >= 4 is 5.65 Å². The number of H-pyrrole nitrogens is 1. The van der Waals surface area contributed by atoms with Gasteiger partial charge in [0, 0.05) is 36.1 Å². The summed E-state index contributed by atoms with van der Waals surface area (Å²) in [6, 6.07) is 1.65. The summed E-state index contributed by atoms with van der Waals surface area (Å²) in [6.07, 6.45) is 2.74. The van der Waals surface area contributed by atoms with E-state index < -0.39 is 0 Å². The van der Waals surface area contributed by atoms with Crippen molar-refractivity contribution < 1.29 is 4.74 Å². The molecule has 3 heterocycles. The lowest BCUT2D eigenvalue weighted by Crippen LogP contribution is -2.37. The van der Waals surface area contributed by atoms with Gasteiger partial charge in [-0.05, 0) is 32.7 Å². The topological polar surface area (TPSA) is 62.6 Å². The Morgan fingerprint density at radius 2 is 2.14 bits per heavy atom. The zero-order chi connectivity index (χ0) is 15.5. The van der Waals surface area contributed by atoms with Gasteiger partial charge >= 0.3 is 0 Å². The van der Waals surface area contributed by atoms with Crippen molar-refractivity contribution in [2.45, 2.75) is 33.1 Å². The van der Waals surface area contributed by atoms with Crippen molar-refractivity contribution in [3.05, 3.63) is 33.4 Å². The summed E-state index contributed by atoms with van der Waals surface area (Å²) in [7, 11) is 0. The maximum absolute atomic E-state index is 12.2. The molecule has 0 aromatic carbocycles. The summed E-state index contributed by atoms with van der Waals surface area (Å²) in [6.45, 7) is 8.79. The Labute approximate surface area is 130 Å². The first kappa shape index (κ1) is 15.2. The van der Waals surface area contributed by atoms with Crippen molar-refractivity contribution in [3.63, 3.8) is 0 Å². The fourth-order valence-electron chi connectivity index (χ4n) is 3.10. The van der Waals surface area contributed by atoms with E-state index in [4.69, 9.17) is 9.72 Å². The van der Waals surface area contributed by atoms with Gasteiger partial charge in [-0.2, -0.15) is 0 Å². The molecule has 0 radical (unpaired) electrons. The number of ether oxygens (including phenoxy) is 1. The molecular weight excluding hydrogens is 280 g/mol. The van der Waals surface area contributed by atoms with E-state index in [9.17, 15) is 4.79 Å². The second-order valence-electron chi connectivity index (χ2n) is 5.87. The van der Waals surface area contributed by atoms with Gasteiger partial charge in [-0.3, -0.25) is 14.8 Å². The predicted octanol–water partition coefficient (Wildman–Crippen LogP) is 1.16. The first-order valence-corrected chi connectivity index (χ1v) is 8.09. The number of aromatic nitrogens is 3. The molecule has 1 saturated heterocycles. The molecule has 6 nitrogen and oxygen atoms in total. The Hall–Kier alpha value is -1.66. The van der Waals surface area contributed by atoms with E-state index in [1.807, 2.05) is 6.92 Å².